The highest BCUT2D eigenvalue weighted by atomic mass is 32.2. The lowest BCUT2D eigenvalue weighted by atomic mass is 10.2. The number of fused-ring (bicyclic) bond motifs is 1. The third-order valence-electron chi connectivity index (χ3n) is 3.43. The molecule has 0 fully saturated rings. The van der Waals surface area contributed by atoms with Crippen LogP contribution in [0.4, 0.5) is 5.82 Å². The molecule has 134 valence electrons. The summed E-state index contributed by atoms with van der Waals surface area (Å²) < 4.78 is 21.9. The van der Waals surface area contributed by atoms with E-state index in [0.717, 1.165) is 11.8 Å². The number of hydrogen-bond acceptors (Lipinski definition) is 9. The zero-order valence-electron chi connectivity index (χ0n) is 13.7. The van der Waals surface area contributed by atoms with Crippen molar-refractivity contribution in [1.29, 1.82) is 0 Å². The molecule has 3 heterocycles. The van der Waals surface area contributed by atoms with Gasteiger partial charge in [0, 0.05) is 6.07 Å². The lowest BCUT2D eigenvalue weighted by Crippen LogP contribution is -2.21. The number of thioether (sulfide) groups is 1. The SMILES string of the molecule is Cc1cc(NC(=O)CSc2nnc([C@H]3COc4ccccc4O3)o2)no1. The first-order valence-corrected chi connectivity index (χ1v) is 8.74. The van der Waals surface area contributed by atoms with Gasteiger partial charge in [0.05, 0.1) is 5.75 Å². The van der Waals surface area contributed by atoms with Crippen LogP contribution in [0.3, 0.4) is 0 Å². The minimum atomic E-state index is -0.487. The van der Waals surface area contributed by atoms with Crippen LogP contribution in [0, 0.1) is 6.92 Å². The van der Waals surface area contributed by atoms with Crippen LogP contribution in [0.1, 0.15) is 17.8 Å². The number of aromatic nitrogens is 3. The molecular formula is C16H14N4O5S. The highest BCUT2D eigenvalue weighted by Crippen LogP contribution is 2.35. The van der Waals surface area contributed by atoms with Crippen molar-refractivity contribution < 1.29 is 23.2 Å². The first-order chi connectivity index (χ1) is 12.7. The predicted octanol–water partition coefficient (Wildman–Crippen LogP) is 2.61. The summed E-state index contributed by atoms with van der Waals surface area (Å²) in [5.74, 6) is 2.43. The average Bonchev–Trinajstić information content (AvgIpc) is 3.28. The molecule has 0 bridgehead atoms. The normalized spacial score (nSPS) is 15.7. The number of carbonyl (C=O) groups is 1. The van der Waals surface area contributed by atoms with Crippen LogP contribution in [0.5, 0.6) is 11.5 Å². The van der Waals surface area contributed by atoms with E-state index in [0.29, 0.717) is 29.0 Å². The molecule has 1 aromatic carbocycles. The van der Waals surface area contributed by atoms with Crippen LogP contribution in [-0.2, 0) is 4.79 Å². The van der Waals surface area contributed by atoms with Crippen molar-refractivity contribution in [3.05, 3.63) is 42.0 Å². The number of amides is 1. The highest BCUT2D eigenvalue weighted by Gasteiger charge is 2.27. The summed E-state index contributed by atoms with van der Waals surface area (Å²) >= 11 is 1.12. The summed E-state index contributed by atoms with van der Waals surface area (Å²) in [6.45, 7) is 2.02. The fourth-order valence-corrected chi connectivity index (χ4v) is 2.85. The number of carbonyl (C=O) groups excluding carboxylic acids is 1. The first kappa shape index (κ1) is 16.5. The Kier molecular flexibility index (Phi) is 4.48. The molecule has 1 amide bonds. The molecular weight excluding hydrogens is 360 g/mol. The van der Waals surface area contributed by atoms with E-state index in [1.165, 1.54) is 0 Å². The van der Waals surface area contributed by atoms with Crippen LogP contribution in [0.2, 0.25) is 0 Å². The first-order valence-electron chi connectivity index (χ1n) is 7.75. The van der Waals surface area contributed by atoms with Gasteiger partial charge in [0.15, 0.2) is 17.3 Å². The molecule has 0 unspecified atom stereocenters. The Balaban J connectivity index is 1.33. The number of aryl methyl sites for hydroxylation is 1. The number of benzene rings is 1. The van der Waals surface area contributed by atoms with E-state index in [1.54, 1.807) is 13.0 Å². The maximum atomic E-state index is 11.9. The average molecular weight is 374 g/mol. The second-order valence-electron chi connectivity index (χ2n) is 5.43. The zero-order chi connectivity index (χ0) is 17.9. The fourth-order valence-electron chi connectivity index (χ4n) is 2.28. The smallest absolute Gasteiger partial charge is 0.277 e. The molecule has 1 N–H and O–H groups in total. The second-order valence-corrected chi connectivity index (χ2v) is 6.36. The predicted molar refractivity (Wildman–Crippen MR) is 90.2 cm³/mol. The Morgan fingerprint density at radius 2 is 2.15 bits per heavy atom. The molecule has 2 aromatic heterocycles. The van der Waals surface area contributed by atoms with Crippen LogP contribution < -0.4 is 14.8 Å². The van der Waals surface area contributed by atoms with Crippen molar-refractivity contribution in [2.24, 2.45) is 0 Å². The Morgan fingerprint density at radius 3 is 2.96 bits per heavy atom. The van der Waals surface area contributed by atoms with Crippen molar-refractivity contribution in [1.82, 2.24) is 15.4 Å². The Hall–Kier alpha value is -3.01. The number of para-hydroxylation sites is 2. The number of rotatable bonds is 5. The monoisotopic (exact) mass is 374 g/mol. The van der Waals surface area contributed by atoms with E-state index < -0.39 is 6.10 Å². The van der Waals surface area contributed by atoms with Crippen molar-refractivity contribution in [3.8, 4) is 11.5 Å². The van der Waals surface area contributed by atoms with E-state index in [2.05, 4.69) is 20.7 Å². The summed E-state index contributed by atoms with van der Waals surface area (Å²) in [6.07, 6.45) is -0.487. The molecule has 26 heavy (non-hydrogen) atoms. The Morgan fingerprint density at radius 1 is 1.31 bits per heavy atom. The molecule has 0 saturated heterocycles. The molecule has 9 nitrogen and oxygen atoms in total. The largest absolute Gasteiger partial charge is 0.485 e. The Labute approximate surface area is 152 Å². The van der Waals surface area contributed by atoms with Crippen LogP contribution >= 0.6 is 11.8 Å². The molecule has 3 aromatic rings. The molecule has 0 aliphatic carbocycles. The molecule has 0 radical (unpaired) electrons. The number of anilines is 1. The summed E-state index contributed by atoms with van der Waals surface area (Å²) in [7, 11) is 0. The van der Waals surface area contributed by atoms with Crippen LogP contribution in [0.15, 0.2) is 44.5 Å². The van der Waals surface area contributed by atoms with Crippen molar-refractivity contribution in [2.45, 2.75) is 18.3 Å². The maximum absolute atomic E-state index is 11.9. The molecule has 1 aliphatic rings. The molecule has 1 atom stereocenters. The highest BCUT2D eigenvalue weighted by molar-refractivity contribution is 7.99. The molecule has 1 aliphatic heterocycles. The number of hydrogen-bond donors (Lipinski definition) is 1. The van der Waals surface area contributed by atoms with Gasteiger partial charge >= 0.3 is 0 Å². The van der Waals surface area contributed by atoms with Crippen LogP contribution in [-0.4, -0.2) is 33.6 Å². The van der Waals surface area contributed by atoms with E-state index >= 15 is 0 Å². The van der Waals surface area contributed by atoms with E-state index in [1.807, 2.05) is 24.3 Å². The van der Waals surface area contributed by atoms with Gasteiger partial charge < -0.3 is 23.7 Å². The number of ether oxygens (including phenoxy) is 2. The summed E-state index contributed by atoms with van der Waals surface area (Å²) in [4.78, 5) is 11.9. The Bertz CT molecular complexity index is 925. The topological polar surface area (TPSA) is 113 Å². The van der Waals surface area contributed by atoms with Gasteiger partial charge in [-0.15, -0.1) is 10.2 Å². The van der Waals surface area contributed by atoms with Crippen molar-refractivity contribution >= 4 is 23.5 Å². The van der Waals surface area contributed by atoms with Gasteiger partial charge in [-0.25, -0.2) is 0 Å². The van der Waals surface area contributed by atoms with Gasteiger partial charge in [0.25, 0.3) is 11.1 Å². The minimum absolute atomic E-state index is 0.0956. The number of nitrogens with zero attached hydrogens (tertiary/aromatic N) is 3. The lowest BCUT2D eigenvalue weighted by molar-refractivity contribution is -0.113. The van der Waals surface area contributed by atoms with E-state index in [-0.39, 0.29) is 23.5 Å². The lowest BCUT2D eigenvalue weighted by Gasteiger charge is -2.23. The van der Waals surface area contributed by atoms with Gasteiger partial charge in [-0.1, -0.05) is 29.1 Å². The molecule has 10 heteroatoms. The van der Waals surface area contributed by atoms with E-state index in [4.69, 9.17) is 18.4 Å². The van der Waals surface area contributed by atoms with Gasteiger partial charge in [-0.05, 0) is 19.1 Å². The van der Waals surface area contributed by atoms with Gasteiger partial charge in [0.2, 0.25) is 12.0 Å². The van der Waals surface area contributed by atoms with E-state index in [9.17, 15) is 4.79 Å². The number of nitrogens with one attached hydrogen (secondary N) is 1. The minimum Gasteiger partial charge on any atom is -0.485 e. The van der Waals surface area contributed by atoms with Crippen molar-refractivity contribution in [3.63, 3.8) is 0 Å². The molecule has 0 saturated carbocycles. The summed E-state index contributed by atoms with van der Waals surface area (Å²) in [5, 5.41) is 14.5. The standard InChI is InChI=1S/C16H14N4O5S/c1-9-6-13(20-25-9)17-14(21)8-26-16-19-18-15(24-16)12-7-22-10-4-2-3-5-11(10)23-12/h2-6,12H,7-8H2,1H3,(H,17,20,21)/t12-/m1/s1. The zero-order valence-corrected chi connectivity index (χ0v) is 14.5. The fraction of sp³-hybridized carbons (Fsp3) is 0.250. The summed E-state index contributed by atoms with van der Waals surface area (Å²) in [5.41, 5.74) is 0. The maximum Gasteiger partial charge on any atom is 0.277 e. The second kappa shape index (κ2) is 7.08. The molecule has 4 rings (SSSR count). The molecule has 0 spiro atoms. The van der Waals surface area contributed by atoms with Crippen molar-refractivity contribution in [2.75, 3.05) is 17.7 Å². The van der Waals surface area contributed by atoms with Crippen LogP contribution in [0.25, 0.3) is 0 Å². The van der Waals surface area contributed by atoms with Gasteiger partial charge in [-0.2, -0.15) is 0 Å². The van der Waals surface area contributed by atoms with Gasteiger partial charge in [-0.3, -0.25) is 4.79 Å². The third kappa shape index (κ3) is 3.64. The third-order valence-corrected chi connectivity index (χ3v) is 4.25. The quantitative estimate of drug-likeness (QED) is 0.673. The summed E-state index contributed by atoms with van der Waals surface area (Å²) in [6, 6.07) is 8.99. The van der Waals surface area contributed by atoms with Gasteiger partial charge in [0.1, 0.15) is 12.4 Å².